The molecule has 0 spiro atoms. The predicted octanol–water partition coefficient (Wildman–Crippen LogP) is 3.34. The first-order valence-electron chi connectivity index (χ1n) is 10.4. The molecule has 2 heterocycles. The average Bonchev–Trinajstić information content (AvgIpc) is 2.78. The minimum Gasteiger partial charge on any atom is -0.310 e. The second-order valence-electron chi connectivity index (χ2n) is 8.25. The molecule has 2 amide bonds. The van der Waals surface area contributed by atoms with E-state index >= 15 is 8.78 Å². The van der Waals surface area contributed by atoms with E-state index in [1.54, 1.807) is 23.6 Å². The molecule has 0 aliphatic carbocycles. The van der Waals surface area contributed by atoms with Crippen molar-refractivity contribution in [3.8, 4) is 0 Å². The van der Waals surface area contributed by atoms with Crippen molar-refractivity contribution in [2.45, 2.75) is 37.5 Å². The summed E-state index contributed by atoms with van der Waals surface area (Å²) in [6.45, 7) is 4.79. The number of hydrogen-bond donors (Lipinski definition) is 2. The molecule has 2 N–H and O–H groups in total. The number of benzene rings is 2. The minimum absolute atomic E-state index is 0.330. The number of nitrogens with one attached hydrogen (secondary N) is 2. The fraction of sp³-hybridized carbons (Fsp3) is 0.435. The van der Waals surface area contributed by atoms with E-state index in [-0.39, 0.29) is 6.03 Å². The molecule has 30 heavy (non-hydrogen) atoms. The number of nitrogens with zero attached hydrogens (tertiary/aromatic N) is 2. The summed E-state index contributed by atoms with van der Waals surface area (Å²) >= 11 is 0. The van der Waals surface area contributed by atoms with Gasteiger partial charge in [0.2, 0.25) is 0 Å². The van der Waals surface area contributed by atoms with Crippen LogP contribution in [0.4, 0.5) is 13.6 Å². The van der Waals surface area contributed by atoms with Crippen molar-refractivity contribution in [1.82, 2.24) is 20.4 Å². The van der Waals surface area contributed by atoms with Gasteiger partial charge in [0.1, 0.15) is 11.1 Å². The van der Waals surface area contributed by atoms with E-state index in [0.717, 1.165) is 0 Å². The molecule has 2 saturated heterocycles. The minimum atomic E-state index is -1.44. The SMILES string of the molecule is CC1(c2ccccc2)C(F)NCCN1C(=O)N1CCNC(F)C1(C)c1ccccc1. The fourth-order valence-electron chi connectivity index (χ4n) is 4.63. The maximum absolute atomic E-state index is 15.3. The molecule has 4 unspecified atom stereocenters. The number of alkyl halides is 2. The largest absolute Gasteiger partial charge is 0.321 e. The van der Waals surface area contributed by atoms with Crippen LogP contribution in [0.15, 0.2) is 60.7 Å². The molecule has 4 atom stereocenters. The van der Waals surface area contributed by atoms with E-state index in [2.05, 4.69) is 10.6 Å². The molecule has 7 heteroatoms. The van der Waals surface area contributed by atoms with E-state index in [1.165, 1.54) is 0 Å². The zero-order valence-electron chi connectivity index (χ0n) is 17.3. The highest BCUT2D eigenvalue weighted by atomic mass is 19.1. The van der Waals surface area contributed by atoms with E-state index in [0.29, 0.717) is 37.3 Å². The van der Waals surface area contributed by atoms with Gasteiger partial charge in [-0.05, 0) is 25.0 Å². The summed E-state index contributed by atoms with van der Waals surface area (Å²) < 4.78 is 30.6. The van der Waals surface area contributed by atoms with Gasteiger partial charge >= 0.3 is 6.03 Å². The lowest BCUT2D eigenvalue weighted by Gasteiger charge is -2.53. The zero-order valence-corrected chi connectivity index (χ0v) is 17.3. The standard InChI is InChI=1S/C23H28F2N4O/c1-22(17-9-5-3-6-10-17)19(24)26-13-15-28(22)21(30)29-16-14-27-20(25)23(29,2)18-11-7-4-8-12-18/h3-12,19-20,26-27H,13-16H2,1-2H3. The Hall–Kier alpha value is -2.51. The van der Waals surface area contributed by atoms with E-state index < -0.39 is 23.7 Å². The smallest absolute Gasteiger partial charge is 0.310 e. The molecule has 2 aliphatic rings. The quantitative estimate of drug-likeness (QED) is 0.741. The van der Waals surface area contributed by atoms with Crippen molar-refractivity contribution in [3.63, 3.8) is 0 Å². The first kappa shape index (κ1) is 20.8. The molecule has 0 aromatic heterocycles. The summed E-state index contributed by atoms with van der Waals surface area (Å²) in [5.41, 5.74) is -1.01. The zero-order chi connectivity index (χ0) is 21.4. The van der Waals surface area contributed by atoms with Gasteiger partial charge in [0.05, 0.1) is 0 Å². The highest BCUT2D eigenvalue weighted by Gasteiger charge is 2.53. The van der Waals surface area contributed by atoms with E-state index in [9.17, 15) is 4.79 Å². The Kier molecular flexibility index (Phi) is 5.51. The summed E-state index contributed by atoms with van der Waals surface area (Å²) in [6.07, 6.45) is -2.88. The van der Waals surface area contributed by atoms with E-state index in [4.69, 9.17) is 0 Å². The van der Waals surface area contributed by atoms with Gasteiger partial charge in [0, 0.05) is 26.2 Å². The highest BCUT2D eigenvalue weighted by molar-refractivity contribution is 5.77. The van der Waals surface area contributed by atoms with Gasteiger partial charge in [-0.2, -0.15) is 0 Å². The van der Waals surface area contributed by atoms with Gasteiger partial charge in [0.25, 0.3) is 0 Å². The highest BCUT2D eigenvalue weighted by Crippen LogP contribution is 2.40. The van der Waals surface area contributed by atoms with Crippen LogP contribution in [-0.2, 0) is 11.1 Å². The first-order chi connectivity index (χ1) is 14.4. The summed E-state index contributed by atoms with van der Waals surface area (Å²) in [7, 11) is 0. The van der Waals surface area contributed by atoms with Gasteiger partial charge < -0.3 is 9.80 Å². The van der Waals surface area contributed by atoms with Gasteiger partial charge in [-0.15, -0.1) is 0 Å². The Morgan fingerprint density at radius 3 is 1.53 bits per heavy atom. The molecule has 2 aliphatic heterocycles. The Balaban J connectivity index is 1.76. The lowest BCUT2D eigenvalue weighted by Crippen LogP contribution is -2.70. The Morgan fingerprint density at radius 1 is 0.800 bits per heavy atom. The summed E-state index contributed by atoms with van der Waals surface area (Å²) in [5, 5.41) is 5.71. The van der Waals surface area contributed by atoms with Gasteiger partial charge in [-0.3, -0.25) is 10.6 Å². The van der Waals surface area contributed by atoms with Crippen LogP contribution in [0, 0.1) is 0 Å². The van der Waals surface area contributed by atoms with Crippen LogP contribution >= 0.6 is 0 Å². The van der Waals surface area contributed by atoms with Gasteiger partial charge in [-0.1, -0.05) is 60.7 Å². The number of carbonyl (C=O) groups excluding carboxylic acids is 1. The van der Waals surface area contributed by atoms with Crippen LogP contribution in [0.25, 0.3) is 0 Å². The predicted molar refractivity (Wildman–Crippen MR) is 112 cm³/mol. The van der Waals surface area contributed by atoms with Crippen LogP contribution in [0.3, 0.4) is 0 Å². The molecule has 5 nitrogen and oxygen atoms in total. The third-order valence-electron chi connectivity index (χ3n) is 6.60. The normalized spacial score (nSPS) is 32.1. The van der Waals surface area contributed by atoms with Gasteiger partial charge in [0.15, 0.2) is 12.6 Å². The number of urea groups is 1. The average molecular weight is 415 g/mol. The van der Waals surface area contributed by atoms with Gasteiger partial charge in [-0.25, -0.2) is 13.6 Å². The number of carbonyl (C=O) groups is 1. The number of piperazine rings is 2. The molecule has 4 rings (SSSR count). The van der Waals surface area contributed by atoms with Crippen LogP contribution in [0.2, 0.25) is 0 Å². The van der Waals surface area contributed by atoms with Crippen molar-refractivity contribution in [1.29, 1.82) is 0 Å². The maximum Gasteiger partial charge on any atom is 0.321 e. The van der Waals surface area contributed by atoms with Crippen molar-refractivity contribution >= 4 is 6.03 Å². The molecule has 0 bridgehead atoms. The molecule has 2 aromatic carbocycles. The summed E-state index contributed by atoms with van der Waals surface area (Å²) in [5.74, 6) is 0. The third kappa shape index (κ3) is 3.17. The maximum atomic E-state index is 15.3. The molecule has 160 valence electrons. The van der Waals surface area contributed by atoms with Crippen molar-refractivity contribution < 1.29 is 13.6 Å². The third-order valence-corrected chi connectivity index (χ3v) is 6.60. The first-order valence-corrected chi connectivity index (χ1v) is 10.4. The molecule has 0 radical (unpaired) electrons. The topological polar surface area (TPSA) is 47.6 Å². The lowest BCUT2D eigenvalue weighted by molar-refractivity contribution is -0.0471. The summed E-state index contributed by atoms with van der Waals surface area (Å²) in [4.78, 5) is 17.0. The molecular formula is C23H28F2N4O. The fourth-order valence-corrected chi connectivity index (χ4v) is 4.63. The second-order valence-corrected chi connectivity index (χ2v) is 8.25. The lowest BCUT2D eigenvalue weighted by atomic mass is 9.85. The van der Waals surface area contributed by atoms with Crippen molar-refractivity contribution in [3.05, 3.63) is 71.8 Å². The van der Waals surface area contributed by atoms with Crippen LogP contribution < -0.4 is 10.6 Å². The van der Waals surface area contributed by atoms with Crippen molar-refractivity contribution in [2.75, 3.05) is 26.2 Å². The molecule has 2 aromatic rings. The van der Waals surface area contributed by atoms with Crippen LogP contribution in [0.5, 0.6) is 0 Å². The van der Waals surface area contributed by atoms with Crippen molar-refractivity contribution in [2.24, 2.45) is 0 Å². The second kappa shape index (κ2) is 7.96. The molecular weight excluding hydrogens is 386 g/mol. The molecule has 2 fully saturated rings. The van der Waals surface area contributed by atoms with Crippen LogP contribution in [0.1, 0.15) is 25.0 Å². The van der Waals surface area contributed by atoms with Crippen LogP contribution in [-0.4, -0.2) is 54.6 Å². The Labute approximate surface area is 176 Å². The van der Waals surface area contributed by atoms with E-state index in [1.807, 2.05) is 60.7 Å². The molecule has 0 saturated carbocycles. The number of hydrogen-bond acceptors (Lipinski definition) is 3. The monoisotopic (exact) mass is 414 g/mol. The Morgan fingerprint density at radius 2 is 1.17 bits per heavy atom. The Bertz CT molecular complexity index is 812. The number of halogens is 2. The summed E-state index contributed by atoms with van der Waals surface area (Å²) in [6, 6.07) is 18.0. The number of amides is 2. The number of rotatable bonds is 2.